The average Bonchev–Trinajstić information content (AvgIpc) is 2.65. The van der Waals surface area contributed by atoms with Gasteiger partial charge in [-0.15, -0.1) is 0 Å². The van der Waals surface area contributed by atoms with Crippen LogP contribution in [-0.4, -0.2) is 39.0 Å². The first-order valence-corrected chi connectivity index (χ1v) is 11.3. The summed E-state index contributed by atoms with van der Waals surface area (Å²) in [5, 5.41) is 6.01. The van der Waals surface area contributed by atoms with Crippen molar-refractivity contribution < 1.29 is 14.5 Å². The largest absolute Gasteiger partial charge is 0.347 e. The Balaban J connectivity index is 1.28. The third kappa shape index (κ3) is 5.00. The zero-order chi connectivity index (χ0) is 20.4. The lowest BCUT2D eigenvalue weighted by Crippen LogP contribution is -3.06. The number of amides is 2. The Labute approximate surface area is 174 Å². The minimum Gasteiger partial charge on any atom is -0.347 e. The second-order valence-electron chi connectivity index (χ2n) is 10.3. The van der Waals surface area contributed by atoms with Gasteiger partial charge in [0.1, 0.15) is 12.6 Å². The second kappa shape index (κ2) is 8.47. The predicted molar refractivity (Wildman–Crippen MR) is 113 cm³/mol. The van der Waals surface area contributed by atoms with Gasteiger partial charge in [0.05, 0.1) is 20.6 Å². The summed E-state index contributed by atoms with van der Waals surface area (Å²) in [5.74, 6) is 2.48. The number of hydrogen-bond donors (Lipinski definition) is 3. The highest BCUT2D eigenvalue weighted by Crippen LogP contribution is 2.61. The molecule has 158 valence electrons. The van der Waals surface area contributed by atoms with Crippen molar-refractivity contribution in [1.82, 2.24) is 10.6 Å². The van der Waals surface area contributed by atoms with E-state index in [2.05, 4.69) is 24.7 Å². The van der Waals surface area contributed by atoms with E-state index < -0.39 is 0 Å². The molecule has 4 aliphatic carbocycles. The van der Waals surface area contributed by atoms with E-state index in [0.717, 1.165) is 29.9 Å². The maximum atomic E-state index is 12.7. The Morgan fingerprint density at radius 1 is 1.00 bits per heavy atom. The van der Waals surface area contributed by atoms with Crippen LogP contribution in [0.2, 0.25) is 0 Å². The van der Waals surface area contributed by atoms with Crippen LogP contribution in [0.5, 0.6) is 0 Å². The van der Waals surface area contributed by atoms with E-state index in [9.17, 15) is 9.59 Å². The first-order chi connectivity index (χ1) is 13.9. The third-order valence-electron chi connectivity index (χ3n) is 7.30. The van der Waals surface area contributed by atoms with E-state index in [-0.39, 0.29) is 29.8 Å². The molecule has 0 unspecified atom stereocenters. The fourth-order valence-corrected chi connectivity index (χ4v) is 6.68. The summed E-state index contributed by atoms with van der Waals surface area (Å²) in [7, 11) is 4.16. The van der Waals surface area contributed by atoms with Gasteiger partial charge in [0, 0.05) is 6.42 Å². The van der Waals surface area contributed by atoms with Gasteiger partial charge in [-0.2, -0.15) is 0 Å². The standard InChI is InChI=1S/C24H35N3O2/c1-27(2)16-21(20-6-4-3-5-7-20)26-23(29)15-25-22(28)14-24-11-17-8-18(12-24)10-19(9-17)13-24/h3-7,17-19,21H,8-16H2,1-2H3,(H,25,28)(H,26,29)/p+1/t17?,18?,19?,21-,24?/m1/s1. The fraction of sp³-hybridized carbons (Fsp3) is 0.667. The Bertz CT molecular complexity index is 696. The normalized spacial score (nSPS) is 30.9. The smallest absolute Gasteiger partial charge is 0.240 e. The lowest BCUT2D eigenvalue weighted by Gasteiger charge is -2.56. The Morgan fingerprint density at radius 2 is 1.59 bits per heavy atom. The Kier molecular flexibility index (Phi) is 5.95. The van der Waals surface area contributed by atoms with Gasteiger partial charge in [0.25, 0.3) is 0 Å². The molecule has 4 saturated carbocycles. The highest BCUT2D eigenvalue weighted by molar-refractivity contribution is 5.85. The zero-order valence-electron chi connectivity index (χ0n) is 17.9. The van der Waals surface area contributed by atoms with Gasteiger partial charge in [0.2, 0.25) is 11.8 Å². The molecule has 2 amide bonds. The van der Waals surface area contributed by atoms with Gasteiger partial charge in [-0.25, -0.2) is 0 Å². The number of quaternary nitrogens is 1. The monoisotopic (exact) mass is 398 g/mol. The van der Waals surface area contributed by atoms with Gasteiger partial charge in [-0.3, -0.25) is 9.59 Å². The second-order valence-corrected chi connectivity index (χ2v) is 10.3. The van der Waals surface area contributed by atoms with E-state index >= 15 is 0 Å². The molecule has 0 spiro atoms. The van der Waals surface area contributed by atoms with Crippen molar-refractivity contribution in [3.8, 4) is 0 Å². The minimum absolute atomic E-state index is 0.0474. The summed E-state index contributed by atoms with van der Waals surface area (Å²) in [6, 6.07) is 10.0. The van der Waals surface area contributed by atoms with Crippen molar-refractivity contribution in [2.75, 3.05) is 27.2 Å². The lowest BCUT2D eigenvalue weighted by atomic mass is 9.49. The van der Waals surface area contributed by atoms with Gasteiger partial charge in [0.15, 0.2) is 0 Å². The molecule has 0 radical (unpaired) electrons. The molecule has 0 saturated heterocycles. The SMILES string of the molecule is C[NH+](C)C[C@@H](NC(=O)CNC(=O)CC12CC3CC(CC(C3)C1)C2)c1ccccc1. The number of benzene rings is 1. The van der Waals surface area contributed by atoms with Gasteiger partial charge < -0.3 is 15.5 Å². The first-order valence-electron chi connectivity index (χ1n) is 11.3. The molecule has 5 heteroatoms. The zero-order valence-corrected chi connectivity index (χ0v) is 17.9. The quantitative estimate of drug-likeness (QED) is 0.624. The van der Waals surface area contributed by atoms with Crippen LogP contribution in [0.1, 0.15) is 56.6 Å². The molecule has 5 rings (SSSR count). The van der Waals surface area contributed by atoms with Crippen molar-refractivity contribution >= 4 is 11.8 Å². The summed E-state index contributed by atoms with van der Waals surface area (Å²) >= 11 is 0. The fourth-order valence-electron chi connectivity index (χ4n) is 6.68. The molecule has 5 nitrogen and oxygen atoms in total. The van der Waals surface area contributed by atoms with Gasteiger partial charge in [-0.05, 0) is 67.3 Å². The van der Waals surface area contributed by atoms with Crippen molar-refractivity contribution in [3.63, 3.8) is 0 Å². The molecular formula is C24H36N3O2+. The number of carbonyl (C=O) groups is 2. The lowest BCUT2D eigenvalue weighted by molar-refractivity contribution is -0.860. The number of nitrogens with one attached hydrogen (secondary N) is 3. The van der Waals surface area contributed by atoms with Crippen LogP contribution in [0.3, 0.4) is 0 Å². The van der Waals surface area contributed by atoms with Gasteiger partial charge in [-0.1, -0.05) is 30.3 Å². The highest BCUT2D eigenvalue weighted by atomic mass is 16.2. The first kappa shape index (κ1) is 20.4. The van der Waals surface area contributed by atoms with Crippen molar-refractivity contribution in [2.45, 2.75) is 51.0 Å². The van der Waals surface area contributed by atoms with Crippen LogP contribution in [-0.2, 0) is 9.59 Å². The summed E-state index contributed by atoms with van der Waals surface area (Å²) in [5.41, 5.74) is 1.32. The molecule has 29 heavy (non-hydrogen) atoms. The van der Waals surface area contributed by atoms with Crippen LogP contribution in [0.15, 0.2) is 30.3 Å². The van der Waals surface area contributed by atoms with Crippen molar-refractivity contribution in [2.24, 2.45) is 23.2 Å². The van der Waals surface area contributed by atoms with Crippen LogP contribution in [0.4, 0.5) is 0 Å². The number of rotatable bonds is 8. The Hall–Kier alpha value is -1.88. The molecular weight excluding hydrogens is 362 g/mol. The van der Waals surface area contributed by atoms with Gasteiger partial charge >= 0.3 is 0 Å². The Morgan fingerprint density at radius 3 is 2.14 bits per heavy atom. The molecule has 0 heterocycles. The third-order valence-corrected chi connectivity index (χ3v) is 7.30. The molecule has 4 fully saturated rings. The summed E-state index contributed by atoms with van der Waals surface area (Å²) in [6.07, 6.45) is 8.43. The van der Waals surface area contributed by atoms with Crippen LogP contribution >= 0.6 is 0 Å². The number of carbonyl (C=O) groups excluding carboxylic acids is 2. The minimum atomic E-state index is -0.112. The van der Waals surface area contributed by atoms with E-state index in [1.807, 2.05) is 30.3 Å². The molecule has 4 aliphatic rings. The van der Waals surface area contributed by atoms with Crippen molar-refractivity contribution in [1.29, 1.82) is 0 Å². The van der Waals surface area contributed by atoms with E-state index in [1.54, 1.807) is 0 Å². The number of likely N-dealkylation sites (N-methyl/N-ethyl adjacent to an activating group) is 1. The van der Waals surface area contributed by atoms with Crippen molar-refractivity contribution in [3.05, 3.63) is 35.9 Å². The number of hydrogen-bond acceptors (Lipinski definition) is 2. The summed E-state index contributed by atoms with van der Waals surface area (Å²) in [6.45, 7) is 0.869. The van der Waals surface area contributed by atoms with Crippen LogP contribution < -0.4 is 15.5 Å². The maximum absolute atomic E-state index is 12.7. The van der Waals surface area contributed by atoms with Crippen LogP contribution in [0.25, 0.3) is 0 Å². The molecule has 1 aromatic carbocycles. The van der Waals surface area contributed by atoms with E-state index in [4.69, 9.17) is 0 Å². The molecule has 3 N–H and O–H groups in total. The van der Waals surface area contributed by atoms with E-state index in [0.29, 0.717) is 6.42 Å². The highest BCUT2D eigenvalue weighted by Gasteiger charge is 2.51. The predicted octanol–water partition coefficient (Wildman–Crippen LogP) is 1.71. The molecule has 0 aromatic heterocycles. The molecule has 1 atom stereocenters. The van der Waals surface area contributed by atoms with Crippen LogP contribution in [0, 0.1) is 23.2 Å². The molecule has 1 aromatic rings. The summed E-state index contributed by atoms with van der Waals surface area (Å²) < 4.78 is 0. The average molecular weight is 399 g/mol. The molecule has 4 bridgehead atoms. The maximum Gasteiger partial charge on any atom is 0.240 e. The molecule has 0 aliphatic heterocycles. The van der Waals surface area contributed by atoms with E-state index in [1.165, 1.54) is 43.4 Å². The summed E-state index contributed by atoms with van der Waals surface area (Å²) in [4.78, 5) is 26.5. The topological polar surface area (TPSA) is 62.6 Å².